The van der Waals surface area contributed by atoms with Gasteiger partial charge in [-0.05, 0) is 59.2 Å². The Morgan fingerprint density at radius 2 is 1.61 bits per heavy atom. The lowest BCUT2D eigenvalue weighted by molar-refractivity contribution is -0.139. The number of nitrogens with one attached hydrogen (secondary N) is 1. The number of amides is 1. The summed E-state index contributed by atoms with van der Waals surface area (Å²) in [5, 5.41) is 12.8. The molecule has 0 bridgehead atoms. The number of hydrogen-bond donors (Lipinski definition) is 2. The minimum absolute atomic E-state index is 0.0397. The second kappa shape index (κ2) is 9.24. The van der Waals surface area contributed by atoms with Crippen LogP contribution in [0.4, 0.5) is 0 Å². The molecular formula is C26H30BCl2NO6. The first-order valence-electron chi connectivity index (χ1n) is 11.8. The summed E-state index contributed by atoms with van der Waals surface area (Å²) in [5.74, 6) is -1.19. The van der Waals surface area contributed by atoms with E-state index in [0.717, 1.165) is 16.6 Å². The van der Waals surface area contributed by atoms with Crippen molar-refractivity contribution in [3.05, 3.63) is 57.1 Å². The topological polar surface area (TPSA) is 94.1 Å². The molecule has 2 aromatic carbocycles. The van der Waals surface area contributed by atoms with Crippen molar-refractivity contribution < 1.29 is 28.7 Å². The molecule has 0 aromatic heterocycles. The van der Waals surface area contributed by atoms with Gasteiger partial charge >= 0.3 is 13.1 Å². The summed E-state index contributed by atoms with van der Waals surface area (Å²) in [5.41, 5.74) is 0.905. The number of benzene rings is 2. The fourth-order valence-corrected chi connectivity index (χ4v) is 5.02. The Hall–Kier alpha value is -2.26. The van der Waals surface area contributed by atoms with Gasteiger partial charge in [-0.3, -0.25) is 4.79 Å². The first-order chi connectivity index (χ1) is 16.6. The first kappa shape index (κ1) is 26.8. The van der Waals surface area contributed by atoms with Gasteiger partial charge in [0.1, 0.15) is 17.4 Å². The fourth-order valence-electron chi connectivity index (χ4n) is 4.45. The Morgan fingerprint density at radius 1 is 1.03 bits per heavy atom. The third-order valence-electron chi connectivity index (χ3n) is 7.09. The summed E-state index contributed by atoms with van der Waals surface area (Å²) in [7, 11) is -0.621. The van der Waals surface area contributed by atoms with Gasteiger partial charge < -0.3 is 24.5 Å². The normalized spacial score (nSPS) is 19.9. The molecule has 0 aliphatic carbocycles. The maximum absolute atomic E-state index is 12.9. The second-order valence-corrected chi connectivity index (χ2v) is 11.7. The molecule has 2 aliphatic heterocycles. The van der Waals surface area contributed by atoms with Gasteiger partial charge in [-0.1, -0.05) is 41.4 Å². The lowest BCUT2D eigenvalue weighted by atomic mass is 9.76. The molecule has 10 heteroatoms. The standard InChI is InChI=1S/C26H30BCl2NO6/c1-24(2)13-15-14(10-11-16(21(15)34-24)27-35-25(3,4)26(5,6)36-27)12-19(23(32)33)30-22(31)20-17(28)8-7-9-18(20)29/h7-11,19H,12-13H2,1-6H3,(H,30,31)(H,32,33). The summed E-state index contributed by atoms with van der Waals surface area (Å²) in [4.78, 5) is 25.0. The highest BCUT2D eigenvalue weighted by molar-refractivity contribution is 6.63. The van der Waals surface area contributed by atoms with Crippen molar-refractivity contribution >= 4 is 47.7 Å². The molecule has 2 N–H and O–H groups in total. The van der Waals surface area contributed by atoms with Crippen molar-refractivity contribution in [3.63, 3.8) is 0 Å². The Kier molecular flexibility index (Phi) is 6.88. The maximum atomic E-state index is 12.9. The summed E-state index contributed by atoms with van der Waals surface area (Å²) < 4.78 is 18.8. The number of fused-ring (bicyclic) bond motifs is 1. The maximum Gasteiger partial charge on any atom is 0.498 e. The van der Waals surface area contributed by atoms with Crippen LogP contribution in [0.25, 0.3) is 0 Å². The van der Waals surface area contributed by atoms with E-state index >= 15 is 0 Å². The molecule has 1 fully saturated rings. The van der Waals surface area contributed by atoms with Crippen molar-refractivity contribution in [2.45, 2.75) is 77.2 Å². The second-order valence-electron chi connectivity index (χ2n) is 10.9. The van der Waals surface area contributed by atoms with E-state index < -0.39 is 41.8 Å². The monoisotopic (exact) mass is 533 g/mol. The van der Waals surface area contributed by atoms with Crippen LogP contribution in [0.3, 0.4) is 0 Å². The van der Waals surface area contributed by atoms with Crippen molar-refractivity contribution in [3.8, 4) is 5.75 Å². The molecule has 0 spiro atoms. The molecule has 192 valence electrons. The Labute approximate surface area is 221 Å². The fraction of sp³-hybridized carbons (Fsp3) is 0.462. The average Bonchev–Trinajstić information content (AvgIpc) is 3.18. The van der Waals surface area contributed by atoms with E-state index in [2.05, 4.69) is 5.32 Å². The first-order valence-corrected chi connectivity index (χ1v) is 12.5. The molecule has 0 saturated carbocycles. The van der Waals surface area contributed by atoms with Gasteiger partial charge in [0.2, 0.25) is 0 Å². The molecule has 2 aromatic rings. The quantitative estimate of drug-likeness (QED) is 0.533. The van der Waals surface area contributed by atoms with Crippen LogP contribution in [0.1, 0.15) is 63.0 Å². The molecule has 2 aliphatic rings. The molecular weight excluding hydrogens is 504 g/mol. The average molecular weight is 534 g/mol. The Bertz CT molecular complexity index is 1190. The van der Waals surface area contributed by atoms with Crippen LogP contribution in [0, 0.1) is 0 Å². The van der Waals surface area contributed by atoms with Crippen molar-refractivity contribution in [2.24, 2.45) is 0 Å². The van der Waals surface area contributed by atoms with Gasteiger partial charge in [0.25, 0.3) is 5.91 Å². The van der Waals surface area contributed by atoms with Crippen molar-refractivity contribution in [2.75, 3.05) is 0 Å². The highest BCUT2D eigenvalue weighted by Crippen LogP contribution is 2.41. The molecule has 36 heavy (non-hydrogen) atoms. The SMILES string of the molecule is CC1(C)Cc2c(CC(NC(=O)c3c(Cl)cccc3Cl)C(=O)O)ccc(B3OC(C)(C)C(C)(C)O3)c2O1. The van der Waals surface area contributed by atoms with Crippen molar-refractivity contribution in [1.82, 2.24) is 5.32 Å². The van der Waals surface area contributed by atoms with Crippen molar-refractivity contribution in [1.29, 1.82) is 0 Å². The zero-order valence-electron chi connectivity index (χ0n) is 21.2. The Morgan fingerprint density at radius 3 is 2.17 bits per heavy atom. The van der Waals surface area contributed by atoms with Gasteiger partial charge in [-0.2, -0.15) is 0 Å². The molecule has 2 heterocycles. The largest absolute Gasteiger partial charge is 0.498 e. The Balaban J connectivity index is 1.65. The van der Waals surface area contributed by atoms with Crippen LogP contribution in [-0.4, -0.2) is 46.9 Å². The smallest absolute Gasteiger partial charge is 0.488 e. The van der Waals surface area contributed by atoms with E-state index in [9.17, 15) is 14.7 Å². The number of ether oxygens (including phenoxy) is 1. The van der Waals surface area contributed by atoms with Crippen LogP contribution >= 0.6 is 23.2 Å². The summed E-state index contributed by atoms with van der Waals surface area (Å²) in [6.45, 7) is 11.9. The minimum atomic E-state index is -1.21. The lowest BCUT2D eigenvalue weighted by Gasteiger charge is -2.32. The molecule has 1 unspecified atom stereocenters. The third-order valence-corrected chi connectivity index (χ3v) is 7.72. The lowest BCUT2D eigenvalue weighted by Crippen LogP contribution is -2.43. The van der Waals surface area contributed by atoms with E-state index in [1.807, 2.05) is 53.7 Å². The number of rotatable bonds is 6. The zero-order chi connectivity index (χ0) is 26.6. The predicted octanol–water partition coefficient (Wildman–Crippen LogP) is 4.43. The molecule has 0 radical (unpaired) electrons. The van der Waals surface area contributed by atoms with E-state index in [1.54, 1.807) is 6.07 Å². The number of carboxylic acid groups (broad SMARTS) is 1. The van der Waals surface area contributed by atoms with Gasteiger partial charge in [0.05, 0.1) is 26.8 Å². The number of carbonyl (C=O) groups is 2. The molecule has 1 amide bonds. The summed E-state index contributed by atoms with van der Waals surface area (Å²) in [6, 6.07) is 7.17. The van der Waals surface area contributed by atoms with Crippen LogP contribution in [-0.2, 0) is 26.9 Å². The molecule has 1 saturated heterocycles. The van der Waals surface area contributed by atoms with Crippen LogP contribution in [0.2, 0.25) is 10.0 Å². The number of halogens is 2. The molecule has 7 nitrogen and oxygen atoms in total. The van der Waals surface area contributed by atoms with Gasteiger partial charge in [-0.25, -0.2) is 4.79 Å². The number of carboxylic acids is 1. The zero-order valence-corrected chi connectivity index (χ0v) is 22.7. The summed E-state index contributed by atoms with van der Waals surface area (Å²) >= 11 is 12.3. The molecule has 1 atom stereocenters. The van der Waals surface area contributed by atoms with E-state index in [0.29, 0.717) is 12.2 Å². The third kappa shape index (κ3) is 4.96. The van der Waals surface area contributed by atoms with Crippen LogP contribution in [0.15, 0.2) is 30.3 Å². The predicted molar refractivity (Wildman–Crippen MR) is 140 cm³/mol. The van der Waals surface area contributed by atoms with Gasteiger partial charge in [-0.15, -0.1) is 0 Å². The van der Waals surface area contributed by atoms with Crippen LogP contribution in [0.5, 0.6) is 5.75 Å². The van der Waals surface area contributed by atoms with E-state index in [-0.39, 0.29) is 22.0 Å². The highest BCUT2D eigenvalue weighted by atomic mass is 35.5. The van der Waals surface area contributed by atoms with Gasteiger partial charge in [0, 0.05) is 23.9 Å². The molecule has 4 rings (SSSR count). The van der Waals surface area contributed by atoms with Gasteiger partial charge in [0.15, 0.2) is 0 Å². The van der Waals surface area contributed by atoms with E-state index in [1.165, 1.54) is 12.1 Å². The number of hydrogen-bond acceptors (Lipinski definition) is 5. The minimum Gasteiger partial charge on any atom is -0.488 e. The number of carbonyl (C=O) groups excluding carboxylic acids is 1. The highest BCUT2D eigenvalue weighted by Gasteiger charge is 2.53. The van der Waals surface area contributed by atoms with Crippen LogP contribution < -0.4 is 15.5 Å². The number of aliphatic carboxylic acids is 1. The summed E-state index contributed by atoms with van der Waals surface area (Å²) in [6.07, 6.45) is 0.621. The van der Waals surface area contributed by atoms with E-state index in [4.69, 9.17) is 37.2 Å².